The van der Waals surface area contributed by atoms with Gasteiger partial charge < -0.3 is 14.1 Å². The molecule has 3 rings (SSSR count). The number of likely N-dealkylation sites (N-methyl/N-ethyl adjacent to an activating group) is 1. The molecule has 0 aliphatic heterocycles. The van der Waals surface area contributed by atoms with Crippen LogP contribution in [0.25, 0.3) is 11.5 Å². The normalized spacial score (nSPS) is 11.8. The summed E-state index contributed by atoms with van der Waals surface area (Å²) < 4.78 is 11.5. The molecule has 0 aliphatic rings. The minimum absolute atomic E-state index is 0.0410. The molecule has 1 atom stereocenters. The number of amides is 1. The highest BCUT2D eigenvalue weighted by molar-refractivity contribution is 8.00. The van der Waals surface area contributed by atoms with E-state index in [2.05, 4.69) is 10.2 Å². The molecule has 0 radical (unpaired) electrons. The fourth-order valence-electron chi connectivity index (χ4n) is 2.52. The molecule has 0 N–H and O–H groups in total. The van der Waals surface area contributed by atoms with Crippen LogP contribution in [0.5, 0.6) is 5.75 Å². The number of aromatic nitrogens is 2. The first-order valence-electron chi connectivity index (χ1n) is 8.58. The zero-order chi connectivity index (χ0) is 19.2. The van der Waals surface area contributed by atoms with Gasteiger partial charge in [-0.25, -0.2) is 0 Å². The zero-order valence-electron chi connectivity index (χ0n) is 15.5. The van der Waals surface area contributed by atoms with Crippen LogP contribution >= 0.6 is 11.8 Å². The first-order chi connectivity index (χ1) is 13.1. The second-order valence-electron chi connectivity index (χ2n) is 5.94. The monoisotopic (exact) mass is 383 g/mol. The van der Waals surface area contributed by atoms with Crippen LogP contribution < -0.4 is 4.74 Å². The zero-order valence-corrected chi connectivity index (χ0v) is 16.3. The van der Waals surface area contributed by atoms with Gasteiger partial charge in [-0.05, 0) is 36.4 Å². The number of nitrogens with zero attached hydrogens (tertiary/aromatic N) is 3. The Bertz CT molecular complexity index is 896. The molecule has 0 aliphatic carbocycles. The minimum Gasteiger partial charge on any atom is -0.493 e. The Morgan fingerprint density at radius 2 is 1.81 bits per heavy atom. The van der Waals surface area contributed by atoms with Gasteiger partial charge in [-0.3, -0.25) is 4.79 Å². The van der Waals surface area contributed by atoms with E-state index in [1.807, 2.05) is 61.5 Å². The molecule has 1 amide bonds. The predicted octanol–water partition coefficient (Wildman–Crippen LogP) is 4.06. The summed E-state index contributed by atoms with van der Waals surface area (Å²) in [5.74, 6) is 1.01. The van der Waals surface area contributed by atoms with E-state index in [0.717, 1.165) is 11.1 Å². The molecule has 1 heterocycles. The molecule has 0 saturated carbocycles. The Balaban J connectivity index is 1.88. The van der Waals surface area contributed by atoms with Gasteiger partial charge in [0.25, 0.3) is 11.1 Å². The van der Waals surface area contributed by atoms with Gasteiger partial charge in [-0.15, -0.1) is 10.2 Å². The Hall–Kier alpha value is -2.80. The highest BCUT2D eigenvalue weighted by Gasteiger charge is 2.26. The standard InChI is InChI=1S/C20H21N3O3S/c1-4-25-16-13-9-8-12-15(16)18-21-22-20(26-18)27-17(19(24)23(2)3)14-10-6-5-7-11-14/h5-13,17H,4H2,1-3H3/t17-/m1/s1. The van der Waals surface area contributed by atoms with Gasteiger partial charge in [0, 0.05) is 14.1 Å². The summed E-state index contributed by atoms with van der Waals surface area (Å²) in [4.78, 5) is 14.2. The fourth-order valence-corrected chi connectivity index (χ4v) is 3.54. The van der Waals surface area contributed by atoms with Gasteiger partial charge >= 0.3 is 0 Å². The summed E-state index contributed by atoms with van der Waals surface area (Å²) in [6.45, 7) is 2.46. The van der Waals surface area contributed by atoms with E-state index < -0.39 is 5.25 Å². The maximum Gasteiger partial charge on any atom is 0.277 e. The van der Waals surface area contributed by atoms with Crippen molar-refractivity contribution >= 4 is 17.7 Å². The number of hydrogen-bond acceptors (Lipinski definition) is 6. The molecule has 0 unspecified atom stereocenters. The molecule has 3 aromatic rings. The van der Waals surface area contributed by atoms with Crippen molar-refractivity contribution in [3.63, 3.8) is 0 Å². The first kappa shape index (κ1) is 19.0. The average Bonchev–Trinajstić information content (AvgIpc) is 3.15. The Kier molecular flexibility index (Phi) is 6.13. The fraction of sp³-hybridized carbons (Fsp3) is 0.250. The molecule has 6 nitrogen and oxygen atoms in total. The molecule has 0 fully saturated rings. The third kappa shape index (κ3) is 4.49. The minimum atomic E-state index is -0.461. The number of ether oxygens (including phenoxy) is 1. The third-order valence-electron chi connectivity index (χ3n) is 3.81. The lowest BCUT2D eigenvalue weighted by molar-refractivity contribution is -0.128. The van der Waals surface area contributed by atoms with Crippen LogP contribution in [0.3, 0.4) is 0 Å². The van der Waals surface area contributed by atoms with Crippen molar-refractivity contribution in [2.24, 2.45) is 0 Å². The molecular formula is C20H21N3O3S. The number of carbonyl (C=O) groups excluding carboxylic acids is 1. The number of para-hydroxylation sites is 1. The number of benzene rings is 2. The van der Waals surface area contributed by atoms with Crippen molar-refractivity contribution in [1.29, 1.82) is 0 Å². The number of carbonyl (C=O) groups is 1. The van der Waals surface area contributed by atoms with E-state index in [0.29, 0.717) is 23.5 Å². The third-order valence-corrected chi connectivity index (χ3v) is 4.89. The predicted molar refractivity (Wildman–Crippen MR) is 105 cm³/mol. The van der Waals surface area contributed by atoms with Crippen LogP contribution in [0, 0.1) is 0 Å². The van der Waals surface area contributed by atoms with Crippen molar-refractivity contribution < 1.29 is 13.9 Å². The van der Waals surface area contributed by atoms with Gasteiger partial charge in [-0.2, -0.15) is 0 Å². The topological polar surface area (TPSA) is 68.5 Å². The highest BCUT2D eigenvalue weighted by Crippen LogP contribution is 2.38. The highest BCUT2D eigenvalue weighted by atomic mass is 32.2. The maximum absolute atomic E-state index is 12.7. The van der Waals surface area contributed by atoms with Crippen LogP contribution in [0.1, 0.15) is 17.7 Å². The van der Waals surface area contributed by atoms with E-state index in [1.165, 1.54) is 11.8 Å². The van der Waals surface area contributed by atoms with Gasteiger partial charge in [0.15, 0.2) is 0 Å². The number of hydrogen-bond donors (Lipinski definition) is 0. The summed E-state index contributed by atoms with van der Waals surface area (Å²) in [6, 6.07) is 17.1. The summed E-state index contributed by atoms with van der Waals surface area (Å²) in [5, 5.41) is 8.13. The smallest absolute Gasteiger partial charge is 0.277 e. The summed E-state index contributed by atoms with van der Waals surface area (Å²) in [7, 11) is 3.47. The van der Waals surface area contributed by atoms with E-state index in [4.69, 9.17) is 9.15 Å². The Morgan fingerprint density at radius 3 is 2.52 bits per heavy atom. The van der Waals surface area contributed by atoms with Crippen LogP contribution in [0.15, 0.2) is 64.2 Å². The van der Waals surface area contributed by atoms with Crippen molar-refractivity contribution in [2.45, 2.75) is 17.4 Å². The summed E-state index contributed by atoms with van der Waals surface area (Å²) in [6.07, 6.45) is 0. The van der Waals surface area contributed by atoms with E-state index in [9.17, 15) is 4.79 Å². The van der Waals surface area contributed by atoms with Gasteiger partial charge in [0.2, 0.25) is 5.91 Å². The van der Waals surface area contributed by atoms with Crippen molar-refractivity contribution in [3.05, 3.63) is 60.2 Å². The molecule has 27 heavy (non-hydrogen) atoms. The lowest BCUT2D eigenvalue weighted by Crippen LogP contribution is -2.26. The van der Waals surface area contributed by atoms with E-state index in [-0.39, 0.29) is 5.91 Å². The number of thioether (sulfide) groups is 1. The quantitative estimate of drug-likeness (QED) is 0.573. The average molecular weight is 383 g/mol. The SMILES string of the molecule is CCOc1ccccc1-c1nnc(S[C@@H](C(=O)N(C)C)c2ccccc2)o1. The second kappa shape index (κ2) is 8.73. The Labute approximate surface area is 162 Å². The van der Waals surface area contributed by atoms with Crippen LogP contribution in [0.4, 0.5) is 0 Å². The lowest BCUT2D eigenvalue weighted by atomic mass is 10.1. The number of rotatable bonds is 7. The van der Waals surface area contributed by atoms with Crippen molar-refractivity contribution in [3.8, 4) is 17.2 Å². The Morgan fingerprint density at radius 1 is 1.11 bits per heavy atom. The van der Waals surface area contributed by atoms with Crippen LogP contribution in [-0.2, 0) is 4.79 Å². The molecule has 0 bridgehead atoms. The van der Waals surface area contributed by atoms with E-state index in [1.54, 1.807) is 19.0 Å². The first-order valence-corrected chi connectivity index (χ1v) is 9.46. The van der Waals surface area contributed by atoms with Crippen LogP contribution in [-0.4, -0.2) is 41.7 Å². The largest absolute Gasteiger partial charge is 0.493 e. The summed E-state index contributed by atoms with van der Waals surface area (Å²) in [5.41, 5.74) is 1.62. The van der Waals surface area contributed by atoms with Gasteiger partial charge in [0.05, 0.1) is 12.2 Å². The van der Waals surface area contributed by atoms with Gasteiger partial charge in [0.1, 0.15) is 11.0 Å². The maximum atomic E-state index is 12.7. The molecule has 0 spiro atoms. The van der Waals surface area contributed by atoms with Crippen LogP contribution in [0.2, 0.25) is 0 Å². The lowest BCUT2D eigenvalue weighted by Gasteiger charge is -2.18. The molecule has 7 heteroatoms. The van der Waals surface area contributed by atoms with Crippen molar-refractivity contribution in [1.82, 2.24) is 15.1 Å². The van der Waals surface area contributed by atoms with Gasteiger partial charge in [-0.1, -0.05) is 42.5 Å². The second-order valence-corrected chi connectivity index (χ2v) is 7.00. The summed E-state index contributed by atoms with van der Waals surface area (Å²) >= 11 is 1.24. The molecule has 2 aromatic carbocycles. The molecule has 1 aromatic heterocycles. The van der Waals surface area contributed by atoms with E-state index >= 15 is 0 Å². The molecule has 140 valence electrons. The molecular weight excluding hydrogens is 362 g/mol. The molecule has 0 saturated heterocycles. The van der Waals surface area contributed by atoms with Crippen molar-refractivity contribution in [2.75, 3.05) is 20.7 Å².